The average Bonchev–Trinajstić information content (AvgIpc) is 2.40. The third-order valence-corrected chi connectivity index (χ3v) is 3.19. The van der Waals surface area contributed by atoms with Gasteiger partial charge in [0, 0.05) is 12.6 Å². The molecule has 0 aliphatic carbocycles. The van der Waals surface area contributed by atoms with Gasteiger partial charge in [0.2, 0.25) is 0 Å². The average molecular weight is 282 g/mol. The first-order valence-electron chi connectivity index (χ1n) is 5.73. The highest BCUT2D eigenvalue weighted by atomic mass is 35.5. The van der Waals surface area contributed by atoms with Gasteiger partial charge in [-0.15, -0.1) is 0 Å². The van der Waals surface area contributed by atoms with E-state index in [2.05, 4.69) is 10.4 Å². The largest absolute Gasteiger partial charge is 0.376 e. The van der Waals surface area contributed by atoms with Gasteiger partial charge in [-0.05, 0) is 13.0 Å². The van der Waals surface area contributed by atoms with E-state index < -0.39 is 5.56 Å². The number of halogens is 2. The van der Waals surface area contributed by atoms with Crippen LogP contribution in [0.2, 0.25) is 5.02 Å². The molecule has 0 saturated heterocycles. The smallest absolute Gasteiger partial charge is 0.287 e. The summed E-state index contributed by atoms with van der Waals surface area (Å²) in [7, 11) is 1.51. The van der Waals surface area contributed by atoms with Gasteiger partial charge < -0.3 is 5.32 Å². The van der Waals surface area contributed by atoms with Crippen molar-refractivity contribution in [3.05, 3.63) is 57.2 Å². The lowest BCUT2D eigenvalue weighted by Gasteiger charge is -2.17. The minimum Gasteiger partial charge on any atom is -0.376 e. The number of aromatic nitrogens is 2. The SMILES string of the molecule is CC(Nc1cnn(C)c(=O)c1Cl)c1ccccc1F. The summed E-state index contributed by atoms with van der Waals surface area (Å²) in [5.41, 5.74) is 0.493. The molecule has 100 valence electrons. The van der Waals surface area contributed by atoms with Crippen LogP contribution in [0.5, 0.6) is 0 Å². The maximum atomic E-state index is 13.6. The van der Waals surface area contributed by atoms with Crippen molar-refractivity contribution in [2.45, 2.75) is 13.0 Å². The molecule has 19 heavy (non-hydrogen) atoms. The van der Waals surface area contributed by atoms with Crippen LogP contribution in [0, 0.1) is 5.82 Å². The first-order chi connectivity index (χ1) is 9.00. The van der Waals surface area contributed by atoms with Gasteiger partial charge in [-0.3, -0.25) is 4.79 Å². The van der Waals surface area contributed by atoms with E-state index in [0.717, 1.165) is 4.68 Å². The molecule has 0 fully saturated rings. The van der Waals surface area contributed by atoms with Crippen LogP contribution in [-0.2, 0) is 7.05 Å². The molecule has 1 heterocycles. The van der Waals surface area contributed by atoms with Crippen LogP contribution in [0.1, 0.15) is 18.5 Å². The van der Waals surface area contributed by atoms with Gasteiger partial charge in [-0.2, -0.15) is 5.10 Å². The second-order valence-electron chi connectivity index (χ2n) is 4.19. The normalized spacial score (nSPS) is 12.2. The summed E-state index contributed by atoms with van der Waals surface area (Å²) in [5.74, 6) is -0.310. The number of aryl methyl sites for hydroxylation is 1. The molecule has 0 aliphatic heterocycles. The molecular formula is C13H13ClFN3O. The van der Waals surface area contributed by atoms with Crippen molar-refractivity contribution < 1.29 is 4.39 Å². The maximum Gasteiger partial charge on any atom is 0.287 e. The van der Waals surface area contributed by atoms with E-state index in [4.69, 9.17) is 11.6 Å². The monoisotopic (exact) mass is 281 g/mol. The summed E-state index contributed by atoms with van der Waals surface area (Å²) in [4.78, 5) is 11.6. The number of rotatable bonds is 3. The zero-order valence-corrected chi connectivity index (χ0v) is 11.3. The van der Waals surface area contributed by atoms with Gasteiger partial charge in [0.1, 0.15) is 10.8 Å². The molecule has 0 spiro atoms. The van der Waals surface area contributed by atoms with Crippen LogP contribution in [-0.4, -0.2) is 9.78 Å². The predicted molar refractivity (Wildman–Crippen MR) is 72.9 cm³/mol. The fourth-order valence-electron chi connectivity index (χ4n) is 1.75. The molecule has 0 aliphatic rings. The Morgan fingerprint density at radius 3 is 2.79 bits per heavy atom. The molecule has 6 heteroatoms. The van der Waals surface area contributed by atoms with E-state index in [9.17, 15) is 9.18 Å². The van der Waals surface area contributed by atoms with E-state index >= 15 is 0 Å². The molecular weight excluding hydrogens is 269 g/mol. The highest BCUT2D eigenvalue weighted by molar-refractivity contribution is 6.32. The van der Waals surface area contributed by atoms with Crippen LogP contribution in [0.25, 0.3) is 0 Å². The summed E-state index contributed by atoms with van der Waals surface area (Å²) in [6.07, 6.45) is 1.45. The van der Waals surface area contributed by atoms with Crippen molar-refractivity contribution in [1.82, 2.24) is 9.78 Å². The van der Waals surface area contributed by atoms with E-state index in [0.29, 0.717) is 11.3 Å². The number of hydrogen-bond donors (Lipinski definition) is 1. The first-order valence-corrected chi connectivity index (χ1v) is 6.11. The van der Waals surface area contributed by atoms with E-state index in [-0.39, 0.29) is 16.9 Å². The molecule has 2 aromatic rings. The summed E-state index contributed by atoms with van der Waals surface area (Å²) in [5, 5.41) is 6.90. The maximum absolute atomic E-state index is 13.6. The Bertz CT molecular complexity index is 657. The molecule has 0 bridgehead atoms. The summed E-state index contributed by atoms with van der Waals surface area (Å²) < 4.78 is 14.8. The van der Waals surface area contributed by atoms with Gasteiger partial charge >= 0.3 is 0 Å². The molecule has 2 rings (SSSR count). The number of hydrogen-bond acceptors (Lipinski definition) is 3. The molecule has 0 amide bonds. The standard InChI is InChI=1S/C13H13ClFN3O/c1-8(9-5-3-4-6-10(9)15)17-11-7-16-18(2)13(19)12(11)14/h3-8,17H,1-2H3. The van der Waals surface area contributed by atoms with Crippen molar-refractivity contribution >= 4 is 17.3 Å². The lowest BCUT2D eigenvalue weighted by molar-refractivity contribution is 0.600. The Morgan fingerprint density at radius 1 is 1.42 bits per heavy atom. The number of benzene rings is 1. The van der Waals surface area contributed by atoms with Crippen molar-refractivity contribution in [3.63, 3.8) is 0 Å². The van der Waals surface area contributed by atoms with Crippen LogP contribution >= 0.6 is 11.6 Å². The zero-order valence-electron chi connectivity index (χ0n) is 10.5. The third-order valence-electron chi connectivity index (χ3n) is 2.82. The minimum atomic E-state index is -0.396. The Labute approximate surface area is 114 Å². The van der Waals surface area contributed by atoms with Crippen LogP contribution in [0.4, 0.5) is 10.1 Å². The molecule has 1 atom stereocenters. The second-order valence-corrected chi connectivity index (χ2v) is 4.57. The lowest BCUT2D eigenvalue weighted by Crippen LogP contribution is -2.21. The number of nitrogens with zero attached hydrogens (tertiary/aromatic N) is 2. The van der Waals surface area contributed by atoms with E-state index in [1.54, 1.807) is 25.1 Å². The topological polar surface area (TPSA) is 46.9 Å². The predicted octanol–water partition coefficient (Wildman–Crippen LogP) is 2.75. The summed E-state index contributed by atoms with van der Waals surface area (Å²) >= 11 is 5.94. The van der Waals surface area contributed by atoms with E-state index in [1.807, 2.05) is 0 Å². The van der Waals surface area contributed by atoms with Gasteiger partial charge in [0.25, 0.3) is 5.56 Å². The second kappa shape index (κ2) is 5.40. The number of anilines is 1. The Hall–Kier alpha value is -1.88. The van der Waals surface area contributed by atoms with Crippen molar-refractivity contribution in [2.75, 3.05) is 5.32 Å². The zero-order chi connectivity index (χ0) is 14.0. The molecule has 1 aromatic heterocycles. The van der Waals surface area contributed by atoms with Gasteiger partial charge in [-0.1, -0.05) is 29.8 Å². The summed E-state index contributed by atoms with van der Waals surface area (Å²) in [6, 6.07) is 6.11. The Kier molecular flexibility index (Phi) is 3.85. The van der Waals surface area contributed by atoms with Crippen molar-refractivity contribution in [3.8, 4) is 0 Å². The van der Waals surface area contributed by atoms with Gasteiger partial charge in [0.15, 0.2) is 0 Å². The molecule has 4 nitrogen and oxygen atoms in total. The minimum absolute atomic E-state index is 0.0423. The summed E-state index contributed by atoms with van der Waals surface area (Å²) in [6.45, 7) is 1.78. The van der Waals surface area contributed by atoms with Crippen molar-refractivity contribution in [1.29, 1.82) is 0 Å². The molecule has 0 radical (unpaired) electrons. The lowest BCUT2D eigenvalue weighted by atomic mass is 10.1. The fraction of sp³-hybridized carbons (Fsp3) is 0.231. The number of nitrogens with one attached hydrogen (secondary N) is 1. The highest BCUT2D eigenvalue weighted by Crippen LogP contribution is 2.24. The fourth-order valence-corrected chi connectivity index (χ4v) is 1.97. The van der Waals surface area contributed by atoms with Crippen LogP contribution < -0.4 is 10.9 Å². The molecule has 1 N–H and O–H groups in total. The van der Waals surface area contributed by atoms with Crippen molar-refractivity contribution in [2.24, 2.45) is 7.05 Å². The third kappa shape index (κ3) is 2.76. The quantitative estimate of drug-likeness (QED) is 0.941. The Balaban J connectivity index is 2.30. The molecule has 1 unspecified atom stereocenters. The molecule has 0 saturated carbocycles. The first kappa shape index (κ1) is 13.5. The molecule has 1 aromatic carbocycles. The van der Waals surface area contributed by atoms with E-state index in [1.165, 1.54) is 19.3 Å². The van der Waals surface area contributed by atoms with Crippen LogP contribution in [0.3, 0.4) is 0 Å². The van der Waals surface area contributed by atoms with Crippen LogP contribution in [0.15, 0.2) is 35.3 Å². The van der Waals surface area contributed by atoms with Gasteiger partial charge in [-0.25, -0.2) is 9.07 Å². The highest BCUT2D eigenvalue weighted by Gasteiger charge is 2.13. The Morgan fingerprint density at radius 2 is 2.11 bits per heavy atom. The van der Waals surface area contributed by atoms with Gasteiger partial charge in [0.05, 0.1) is 17.9 Å².